The fraction of sp³-hybridized carbons (Fsp3) is 0.233. The maximum atomic E-state index is 13.3. The molecule has 0 fully saturated rings. The maximum absolute atomic E-state index is 13.3. The number of hydrogen-bond donors (Lipinski definition) is 0. The smallest absolute Gasteiger partial charge is 0.339 e. The predicted octanol–water partition coefficient (Wildman–Crippen LogP) is 6.60. The number of esters is 1. The molecule has 0 unspecified atom stereocenters. The normalized spacial score (nSPS) is 13.5. The Hall–Kier alpha value is -3.79. The van der Waals surface area contributed by atoms with E-state index in [0.29, 0.717) is 11.1 Å². The molecule has 0 atom stereocenters. The first-order chi connectivity index (χ1) is 16.7. The van der Waals surface area contributed by atoms with Gasteiger partial charge in [0, 0.05) is 16.6 Å². The van der Waals surface area contributed by atoms with E-state index in [4.69, 9.17) is 9.72 Å². The maximum Gasteiger partial charge on any atom is 0.339 e. The molecular weight excluding hydrogens is 422 g/mol. The summed E-state index contributed by atoms with van der Waals surface area (Å²) in [6.07, 6.45) is 6.12. The van der Waals surface area contributed by atoms with Crippen LogP contribution in [0.5, 0.6) is 0 Å². The molecule has 0 amide bonds. The minimum atomic E-state index is -0.440. The summed E-state index contributed by atoms with van der Waals surface area (Å²) in [7, 11) is 0. The standard InChI is InChI=1S/C30H27NO3/c32-28(23-18-16-22(17-19-23)21-10-4-3-5-11-21)20-34-30(33)29-24-12-6-1-2-7-14-26(24)31-27-15-9-8-13-25(27)29/h3-5,8-11,13,15-19H,1-2,6-7,12,14,20H2. The highest BCUT2D eigenvalue weighted by Crippen LogP contribution is 2.29. The van der Waals surface area contributed by atoms with Gasteiger partial charge in [0.05, 0.1) is 11.1 Å². The Balaban J connectivity index is 1.37. The summed E-state index contributed by atoms with van der Waals surface area (Å²) >= 11 is 0. The van der Waals surface area contributed by atoms with E-state index in [0.717, 1.165) is 65.4 Å². The molecule has 1 aliphatic carbocycles. The topological polar surface area (TPSA) is 56.3 Å². The van der Waals surface area contributed by atoms with Crippen LogP contribution in [-0.2, 0) is 17.6 Å². The quantitative estimate of drug-likeness (QED) is 0.254. The minimum absolute atomic E-state index is 0.214. The third-order valence-electron chi connectivity index (χ3n) is 6.52. The number of benzene rings is 3. The molecule has 1 aliphatic rings. The van der Waals surface area contributed by atoms with Gasteiger partial charge in [0.1, 0.15) is 0 Å². The lowest BCUT2D eigenvalue weighted by atomic mass is 9.91. The first-order valence-corrected chi connectivity index (χ1v) is 12.0. The Morgan fingerprint density at radius 2 is 1.41 bits per heavy atom. The molecule has 0 radical (unpaired) electrons. The van der Waals surface area contributed by atoms with Crippen LogP contribution in [0.2, 0.25) is 0 Å². The van der Waals surface area contributed by atoms with E-state index >= 15 is 0 Å². The van der Waals surface area contributed by atoms with Crippen molar-refractivity contribution in [2.75, 3.05) is 6.61 Å². The number of pyridine rings is 1. The molecule has 0 saturated heterocycles. The molecule has 34 heavy (non-hydrogen) atoms. The summed E-state index contributed by atoms with van der Waals surface area (Å²) in [5, 5.41) is 0.798. The second-order valence-corrected chi connectivity index (χ2v) is 8.79. The molecule has 3 aromatic carbocycles. The average Bonchev–Trinajstić information content (AvgIpc) is 2.87. The summed E-state index contributed by atoms with van der Waals surface area (Å²) in [6, 6.07) is 25.1. The van der Waals surface area contributed by atoms with Gasteiger partial charge in [-0.25, -0.2) is 4.79 Å². The van der Waals surface area contributed by atoms with Crippen LogP contribution in [0.15, 0.2) is 78.9 Å². The van der Waals surface area contributed by atoms with Crippen LogP contribution in [0, 0.1) is 0 Å². The van der Waals surface area contributed by atoms with Gasteiger partial charge in [-0.1, -0.05) is 85.6 Å². The number of carbonyl (C=O) groups is 2. The molecule has 1 aromatic heterocycles. The van der Waals surface area contributed by atoms with Crippen molar-refractivity contribution in [3.63, 3.8) is 0 Å². The summed E-state index contributed by atoms with van der Waals surface area (Å²) in [6.45, 7) is -0.283. The van der Waals surface area contributed by atoms with E-state index in [9.17, 15) is 9.59 Å². The largest absolute Gasteiger partial charge is 0.454 e. The van der Waals surface area contributed by atoms with Crippen molar-refractivity contribution in [3.05, 3.63) is 101 Å². The summed E-state index contributed by atoms with van der Waals surface area (Å²) in [5.41, 5.74) is 6.02. The molecule has 0 spiro atoms. The number of para-hydroxylation sites is 1. The Morgan fingerprint density at radius 1 is 0.735 bits per heavy atom. The lowest BCUT2D eigenvalue weighted by Gasteiger charge is -2.18. The van der Waals surface area contributed by atoms with Gasteiger partial charge in [-0.2, -0.15) is 0 Å². The highest BCUT2D eigenvalue weighted by Gasteiger charge is 2.23. The van der Waals surface area contributed by atoms with Crippen LogP contribution in [0.4, 0.5) is 0 Å². The number of carbonyl (C=O) groups excluding carboxylic acids is 2. The summed E-state index contributed by atoms with van der Waals surface area (Å²) in [4.78, 5) is 31.0. The van der Waals surface area contributed by atoms with Gasteiger partial charge in [0.15, 0.2) is 12.4 Å². The zero-order valence-corrected chi connectivity index (χ0v) is 19.1. The molecule has 1 heterocycles. The number of rotatable bonds is 5. The second kappa shape index (κ2) is 10.0. The van der Waals surface area contributed by atoms with E-state index < -0.39 is 5.97 Å². The molecule has 0 aliphatic heterocycles. The first kappa shape index (κ1) is 22.0. The van der Waals surface area contributed by atoms with Crippen molar-refractivity contribution in [1.82, 2.24) is 4.98 Å². The Morgan fingerprint density at radius 3 is 2.21 bits per heavy atom. The van der Waals surface area contributed by atoms with Gasteiger partial charge >= 0.3 is 5.97 Å². The first-order valence-electron chi connectivity index (χ1n) is 12.0. The number of hydrogen-bond acceptors (Lipinski definition) is 4. The van der Waals surface area contributed by atoms with Gasteiger partial charge in [0.2, 0.25) is 0 Å². The van der Waals surface area contributed by atoms with E-state index in [1.807, 2.05) is 66.7 Å². The Labute approximate surface area is 199 Å². The Bertz CT molecular complexity index is 1330. The number of Topliss-reactive ketones (excluding diaryl/α,β-unsaturated/α-hetero) is 1. The highest BCUT2D eigenvalue weighted by molar-refractivity contribution is 6.06. The predicted molar refractivity (Wildman–Crippen MR) is 134 cm³/mol. The van der Waals surface area contributed by atoms with Crippen molar-refractivity contribution in [2.24, 2.45) is 0 Å². The van der Waals surface area contributed by atoms with E-state index in [2.05, 4.69) is 0 Å². The van der Waals surface area contributed by atoms with Crippen molar-refractivity contribution < 1.29 is 14.3 Å². The van der Waals surface area contributed by atoms with Crippen LogP contribution in [-0.4, -0.2) is 23.3 Å². The van der Waals surface area contributed by atoms with Crippen molar-refractivity contribution in [3.8, 4) is 11.1 Å². The zero-order valence-electron chi connectivity index (χ0n) is 19.1. The molecule has 0 N–H and O–H groups in total. The average molecular weight is 450 g/mol. The molecule has 4 nitrogen and oxygen atoms in total. The molecule has 170 valence electrons. The number of aryl methyl sites for hydroxylation is 1. The number of fused-ring (bicyclic) bond motifs is 2. The monoisotopic (exact) mass is 449 g/mol. The number of aromatic nitrogens is 1. The van der Waals surface area contributed by atoms with E-state index in [-0.39, 0.29) is 12.4 Å². The summed E-state index contributed by atoms with van der Waals surface area (Å²) < 4.78 is 5.59. The van der Waals surface area contributed by atoms with Crippen LogP contribution >= 0.6 is 0 Å². The molecular formula is C30H27NO3. The van der Waals surface area contributed by atoms with Crippen molar-refractivity contribution >= 4 is 22.7 Å². The summed E-state index contributed by atoms with van der Waals surface area (Å²) in [5.74, 6) is -0.654. The Kier molecular flexibility index (Phi) is 6.48. The third kappa shape index (κ3) is 4.62. The van der Waals surface area contributed by atoms with Gasteiger partial charge in [-0.15, -0.1) is 0 Å². The van der Waals surface area contributed by atoms with Gasteiger partial charge in [0.25, 0.3) is 0 Å². The number of ketones is 1. The fourth-order valence-electron chi connectivity index (χ4n) is 4.73. The molecule has 5 rings (SSSR count). The lowest BCUT2D eigenvalue weighted by molar-refractivity contribution is 0.0475. The molecule has 0 saturated carbocycles. The zero-order chi connectivity index (χ0) is 23.3. The molecule has 4 aromatic rings. The number of ether oxygens (including phenoxy) is 1. The van der Waals surface area contributed by atoms with Crippen LogP contribution < -0.4 is 0 Å². The fourth-order valence-corrected chi connectivity index (χ4v) is 4.73. The van der Waals surface area contributed by atoms with Crippen LogP contribution in [0.25, 0.3) is 22.0 Å². The third-order valence-corrected chi connectivity index (χ3v) is 6.52. The SMILES string of the molecule is O=C(COC(=O)c1c2c(nc3ccccc13)CCCCCC2)c1ccc(-c2ccccc2)cc1. The van der Waals surface area contributed by atoms with Gasteiger partial charge in [-0.05, 0) is 48.4 Å². The molecule has 0 bridgehead atoms. The molecule has 4 heteroatoms. The van der Waals surface area contributed by atoms with E-state index in [1.165, 1.54) is 6.42 Å². The minimum Gasteiger partial charge on any atom is -0.454 e. The highest BCUT2D eigenvalue weighted by atomic mass is 16.5. The van der Waals surface area contributed by atoms with Crippen molar-refractivity contribution in [2.45, 2.75) is 38.5 Å². The second-order valence-electron chi connectivity index (χ2n) is 8.79. The van der Waals surface area contributed by atoms with Crippen molar-refractivity contribution in [1.29, 1.82) is 0 Å². The van der Waals surface area contributed by atoms with Gasteiger partial charge < -0.3 is 4.74 Å². The number of nitrogens with zero attached hydrogens (tertiary/aromatic N) is 1. The van der Waals surface area contributed by atoms with Gasteiger partial charge in [-0.3, -0.25) is 9.78 Å². The van der Waals surface area contributed by atoms with Crippen LogP contribution in [0.3, 0.4) is 0 Å². The van der Waals surface area contributed by atoms with E-state index in [1.54, 1.807) is 12.1 Å². The van der Waals surface area contributed by atoms with Crippen LogP contribution in [0.1, 0.15) is 57.7 Å². The lowest BCUT2D eigenvalue weighted by Crippen LogP contribution is -2.18.